The Labute approximate surface area is 107 Å². The number of nitrogens with zero attached hydrogens (tertiary/aromatic N) is 1. The number of hydrogen-bond donors (Lipinski definition) is 0. The van der Waals surface area contributed by atoms with E-state index in [9.17, 15) is 9.59 Å². The van der Waals surface area contributed by atoms with E-state index in [0.717, 1.165) is 25.5 Å². The van der Waals surface area contributed by atoms with Crippen molar-refractivity contribution < 1.29 is 19.1 Å². The molecule has 0 aliphatic carbocycles. The minimum Gasteiger partial charge on any atom is -0.444 e. The first-order valence-electron chi connectivity index (χ1n) is 6.45. The van der Waals surface area contributed by atoms with Crippen molar-refractivity contribution in [1.29, 1.82) is 0 Å². The number of piperidine rings is 1. The molecule has 5 heteroatoms. The van der Waals surface area contributed by atoms with Crippen LogP contribution in [0.5, 0.6) is 0 Å². The molecule has 1 amide bonds. The highest BCUT2D eigenvalue weighted by Crippen LogP contribution is 2.40. The van der Waals surface area contributed by atoms with Crippen LogP contribution in [0, 0.1) is 0 Å². The SMILES string of the molecule is CC(C)(C)OC(=O)N1CCC2(CC1)C[C@@H](C=O)O2. The number of rotatable bonds is 1. The van der Waals surface area contributed by atoms with E-state index in [1.54, 1.807) is 4.90 Å². The number of aldehydes is 1. The predicted octanol–water partition coefficient (Wildman–Crippen LogP) is 1.74. The van der Waals surface area contributed by atoms with Gasteiger partial charge in [-0.15, -0.1) is 0 Å². The van der Waals surface area contributed by atoms with Crippen LogP contribution >= 0.6 is 0 Å². The van der Waals surface area contributed by atoms with E-state index in [4.69, 9.17) is 9.47 Å². The zero-order chi connectivity index (χ0) is 13.4. The maximum atomic E-state index is 11.9. The number of carbonyl (C=O) groups excluding carboxylic acids is 2. The normalized spacial score (nSPS) is 26.6. The molecule has 0 unspecified atom stereocenters. The highest BCUT2D eigenvalue weighted by atomic mass is 16.6. The number of hydrogen-bond acceptors (Lipinski definition) is 4. The van der Waals surface area contributed by atoms with Crippen LogP contribution < -0.4 is 0 Å². The molecule has 0 radical (unpaired) electrons. The Morgan fingerprint density at radius 3 is 2.39 bits per heavy atom. The molecule has 0 aromatic heterocycles. The topological polar surface area (TPSA) is 55.8 Å². The summed E-state index contributed by atoms with van der Waals surface area (Å²) in [5.74, 6) is 0. The summed E-state index contributed by atoms with van der Waals surface area (Å²) in [6.07, 6.45) is 2.72. The zero-order valence-corrected chi connectivity index (χ0v) is 11.3. The average molecular weight is 255 g/mol. The fourth-order valence-electron chi connectivity index (χ4n) is 2.50. The summed E-state index contributed by atoms with van der Waals surface area (Å²) in [7, 11) is 0. The van der Waals surface area contributed by atoms with Crippen LogP contribution in [-0.2, 0) is 14.3 Å². The van der Waals surface area contributed by atoms with Gasteiger partial charge in [-0.1, -0.05) is 0 Å². The van der Waals surface area contributed by atoms with Crippen LogP contribution in [0.4, 0.5) is 4.79 Å². The molecule has 2 aliphatic rings. The van der Waals surface area contributed by atoms with Gasteiger partial charge in [0.15, 0.2) is 0 Å². The molecule has 102 valence electrons. The summed E-state index contributed by atoms with van der Waals surface area (Å²) in [5, 5.41) is 0. The lowest BCUT2D eigenvalue weighted by Crippen LogP contribution is -2.58. The second-order valence-electron chi connectivity index (χ2n) is 6.15. The van der Waals surface area contributed by atoms with Crippen molar-refractivity contribution in [2.45, 2.75) is 57.3 Å². The Morgan fingerprint density at radius 1 is 1.39 bits per heavy atom. The second kappa shape index (κ2) is 4.53. The van der Waals surface area contributed by atoms with Crippen molar-refractivity contribution in [3.63, 3.8) is 0 Å². The molecule has 0 N–H and O–H groups in total. The van der Waals surface area contributed by atoms with Crippen LogP contribution in [0.15, 0.2) is 0 Å². The van der Waals surface area contributed by atoms with Crippen molar-refractivity contribution in [2.24, 2.45) is 0 Å². The number of ether oxygens (including phenoxy) is 2. The molecule has 1 atom stereocenters. The van der Waals surface area contributed by atoms with Crippen LogP contribution in [-0.4, -0.2) is 47.7 Å². The van der Waals surface area contributed by atoms with Gasteiger partial charge >= 0.3 is 6.09 Å². The van der Waals surface area contributed by atoms with Crippen LogP contribution in [0.25, 0.3) is 0 Å². The first-order chi connectivity index (χ1) is 8.34. The van der Waals surface area contributed by atoms with Crippen LogP contribution in [0.1, 0.15) is 40.0 Å². The second-order valence-corrected chi connectivity index (χ2v) is 6.15. The van der Waals surface area contributed by atoms with Crippen molar-refractivity contribution in [3.8, 4) is 0 Å². The molecule has 0 bridgehead atoms. The fraction of sp³-hybridized carbons (Fsp3) is 0.846. The quantitative estimate of drug-likeness (QED) is 0.670. The number of likely N-dealkylation sites (tertiary alicyclic amines) is 1. The van der Waals surface area contributed by atoms with Gasteiger partial charge in [-0.25, -0.2) is 4.79 Å². The highest BCUT2D eigenvalue weighted by Gasteiger charge is 2.48. The third-order valence-corrected chi connectivity index (χ3v) is 3.45. The van der Waals surface area contributed by atoms with E-state index in [-0.39, 0.29) is 17.8 Å². The van der Waals surface area contributed by atoms with Gasteiger partial charge in [0.2, 0.25) is 0 Å². The van der Waals surface area contributed by atoms with E-state index >= 15 is 0 Å². The molecule has 2 fully saturated rings. The van der Waals surface area contributed by atoms with Gasteiger partial charge in [-0.3, -0.25) is 0 Å². The van der Waals surface area contributed by atoms with E-state index in [2.05, 4.69) is 0 Å². The Balaban J connectivity index is 1.80. The monoisotopic (exact) mass is 255 g/mol. The van der Waals surface area contributed by atoms with Gasteiger partial charge in [0.25, 0.3) is 0 Å². The minimum atomic E-state index is -0.457. The van der Waals surface area contributed by atoms with Gasteiger partial charge in [0, 0.05) is 19.5 Å². The largest absolute Gasteiger partial charge is 0.444 e. The molecular weight excluding hydrogens is 234 g/mol. The first kappa shape index (κ1) is 13.3. The predicted molar refractivity (Wildman–Crippen MR) is 65.3 cm³/mol. The fourth-order valence-corrected chi connectivity index (χ4v) is 2.50. The lowest BCUT2D eigenvalue weighted by atomic mass is 9.81. The molecule has 2 saturated heterocycles. The van der Waals surface area contributed by atoms with E-state index in [1.165, 1.54) is 0 Å². The standard InChI is InChI=1S/C13H21NO4/c1-12(2,3)18-11(16)14-6-4-13(5-7-14)8-10(9-15)17-13/h9-10H,4-8H2,1-3H3/t10-/m0/s1. The third kappa shape index (κ3) is 2.83. The van der Waals surface area contributed by atoms with E-state index in [0.29, 0.717) is 13.1 Å². The van der Waals surface area contributed by atoms with Gasteiger partial charge in [-0.05, 0) is 33.6 Å². The van der Waals surface area contributed by atoms with Crippen LogP contribution in [0.2, 0.25) is 0 Å². The lowest BCUT2D eigenvalue weighted by Gasteiger charge is -2.50. The van der Waals surface area contributed by atoms with Gasteiger partial charge < -0.3 is 19.2 Å². The molecule has 0 aromatic rings. The highest BCUT2D eigenvalue weighted by molar-refractivity contribution is 5.68. The van der Waals surface area contributed by atoms with Crippen molar-refractivity contribution in [2.75, 3.05) is 13.1 Å². The smallest absolute Gasteiger partial charge is 0.410 e. The zero-order valence-electron chi connectivity index (χ0n) is 11.3. The summed E-state index contributed by atoms with van der Waals surface area (Å²) in [4.78, 5) is 24.1. The van der Waals surface area contributed by atoms with Gasteiger partial charge in [0.1, 0.15) is 18.0 Å². The Hall–Kier alpha value is -1.10. The molecule has 2 heterocycles. The third-order valence-electron chi connectivity index (χ3n) is 3.45. The summed E-state index contributed by atoms with van der Waals surface area (Å²) >= 11 is 0. The van der Waals surface area contributed by atoms with Gasteiger partial charge in [0.05, 0.1) is 5.60 Å². The Morgan fingerprint density at radius 2 is 1.94 bits per heavy atom. The summed E-state index contributed by atoms with van der Waals surface area (Å²) < 4.78 is 10.9. The molecule has 5 nitrogen and oxygen atoms in total. The molecular formula is C13H21NO4. The summed E-state index contributed by atoms with van der Waals surface area (Å²) in [5.41, 5.74) is -0.619. The average Bonchev–Trinajstić information content (AvgIpc) is 2.23. The summed E-state index contributed by atoms with van der Waals surface area (Å²) in [6.45, 7) is 6.86. The van der Waals surface area contributed by atoms with Crippen LogP contribution in [0.3, 0.4) is 0 Å². The molecule has 18 heavy (non-hydrogen) atoms. The Kier molecular flexibility index (Phi) is 3.36. The van der Waals surface area contributed by atoms with Crippen molar-refractivity contribution in [1.82, 2.24) is 4.90 Å². The maximum Gasteiger partial charge on any atom is 0.410 e. The number of amides is 1. The Bertz CT molecular complexity index is 331. The van der Waals surface area contributed by atoms with Gasteiger partial charge in [-0.2, -0.15) is 0 Å². The molecule has 0 aromatic carbocycles. The maximum absolute atomic E-state index is 11.9. The van der Waals surface area contributed by atoms with Crippen molar-refractivity contribution >= 4 is 12.4 Å². The number of carbonyl (C=O) groups is 2. The molecule has 2 rings (SSSR count). The molecule has 2 aliphatic heterocycles. The lowest BCUT2D eigenvalue weighted by molar-refractivity contribution is -0.214. The van der Waals surface area contributed by atoms with Crippen molar-refractivity contribution in [3.05, 3.63) is 0 Å². The molecule has 0 saturated carbocycles. The summed E-state index contributed by atoms with van der Waals surface area (Å²) in [6, 6.07) is 0. The van der Waals surface area contributed by atoms with E-state index < -0.39 is 5.60 Å². The minimum absolute atomic E-state index is 0.163. The van der Waals surface area contributed by atoms with E-state index in [1.807, 2.05) is 20.8 Å². The molecule has 1 spiro atoms. The first-order valence-corrected chi connectivity index (χ1v) is 6.45.